The molecule has 0 aromatic rings. The molecule has 0 aliphatic carbocycles. The topological polar surface area (TPSA) is 76.1 Å². The molecule has 9 heteroatoms. The molecule has 164 valence electrons. The highest BCUT2D eigenvalue weighted by molar-refractivity contribution is 7.91. The number of hydrogen-bond acceptors (Lipinski definition) is 6. The van der Waals surface area contributed by atoms with Gasteiger partial charge >= 0.3 is 0 Å². The van der Waals surface area contributed by atoms with Crippen LogP contribution in [0.25, 0.3) is 0 Å². The lowest BCUT2D eigenvalue weighted by Gasteiger charge is -2.27. The predicted octanol–water partition coefficient (Wildman–Crippen LogP) is 3.93. The van der Waals surface area contributed by atoms with Crippen LogP contribution in [0.15, 0.2) is 0 Å². The van der Waals surface area contributed by atoms with E-state index < -0.39 is 21.0 Å². The Hall–Kier alpha value is 0.370. The summed E-state index contributed by atoms with van der Waals surface area (Å²) >= 11 is 11.5. The number of aliphatic hydroxyl groups is 1. The van der Waals surface area contributed by atoms with E-state index in [2.05, 4.69) is 0 Å². The van der Waals surface area contributed by atoms with Crippen LogP contribution >= 0.6 is 23.6 Å². The molecule has 0 heterocycles. The van der Waals surface area contributed by atoms with E-state index in [0.717, 1.165) is 3.94 Å². The molecule has 1 N–H and O–H groups in total. The largest absolute Gasteiger partial charge is 0.390 e. The normalized spacial score (nSPS) is 14.1. The summed E-state index contributed by atoms with van der Waals surface area (Å²) in [6, 6.07) is 0. The Morgan fingerprint density at radius 1 is 0.889 bits per heavy atom. The van der Waals surface area contributed by atoms with Gasteiger partial charge in [0.1, 0.15) is 0 Å². The first-order chi connectivity index (χ1) is 12.1. The molecule has 0 saturated carbocycles. The lowest BCUT2D eigenvalue weighted by molar-refractivity contribution is -0.0605. The fraction of sp³-hybridized carbons (Fsp3) is 1.00. The Morgan fingerprint density at radius 3 is 2.00 bits per heavy atom. The van der Waals surface area contributed by atoms with Gasteiger partial charge in [-0.05, 0) is 90.8 Å². The van der Waals surface area contributed by atoms with Gasteiger partial charge in [0.05, 0.1) is 35.9 Å². The lowest BCUT2D eigenvalue weighted by atomic mass is 10.0. The van der Waals surface area contributed by atoms with E-state index in [4.69, 9.17) is 33.0 Å². The number of rotatable bonds is 15. The maximum Gasteiger partial charge on any atom is 0.152 e. The van der Waals surface area contributed by atoms with E-state index in [-0.39, 0.29) is 23.7 Å². The minimum Gasteiger partial charge on any atom is -0.390 e. The van der Waals surface area contributed by atoms with Gasteiger partial charge in [-0.3, -0.25) is 0 Å². The van der Waals surface area contributed by atoms with Crippen molar-refractivity contribution in [2.45, 2.75) is 84.0 Å². The second-order valence-electron chi connectivity index (χ2n) is 8.83. The molecule has 0 saturated heterocycles. The average molecular weight is 450 g/mol. The van der Waals surface area contributed by atoms with Gasteiger partial charge in [-0.2, -0.15) is 0 Å². The van der Waals surface area contributed by atoms with Crippen molar-refractivity contribution in [1.29, 1.82) is 0 Å². The molecule has 27 heavy (non-hydrogen) atoms. The fourth-order valence-corrected chi connectivity index (χ4v) is 3.50. The molecule has 0 aliphatic heterocycles. The Labute approximate surface area is 175 Å². The molecule has 0 unspecified atom stereocenters. The van der Waals surface area contributed by atoms with Gasteiger partial charge in [-0.1, -0.05) is 0 Å². The van der Waals surface area contributed by atoms with Gasteiger partial charge in [0.2, 0.25) is 0 Å². The van der Waals surface area contributed by atoms with Crippen molar-refractivity contribution in [2.24, 2.45) is 0 Å². The molecule has 0 rings (SSSR count). The third kappa shape index (κ3) is 14.9. The standard InChI is InChI=1S/C18H37Cl2NO5S/c1-16(2,21(19)20)8-7-14-27(23,24)15-13-25-11-10-18(5,6)26-12-9-17(3,4)22/h22H,7-15H2,1-6H3. The Morgan fingerprint density at radius 2 is 1.48 bits per heavy atom. The Kier molecular flexibility index (Phi) is 11.7. The summed E-state index contributed by atoms with van der Waals surface area (Å²) in [6.07, 6.45) is 2.27. The van der Waals surface area contributed by atoms with Crippen molar-refractivity contribution < 1.29 is 23.0 Å². The van der Waals surface area contributed by atoms with Crippen molar-refractivity contribution in [3.05, 3.63) is 0 Å². The summed E-state index contributed by atoms with van der Waals surface area (Å²) in [5.41, 5.74) is -1.60. The van der Waals surface area contributed by atoms with E-state index in [9.17, 15) is 13.5 Å². The number of ether oxygens (including phenoxy) is 2. The fourth-order valence-electron chi connectivity index (χ4n) is 2.17. The van der Waals surface area contributed by atoms with Crippen LogP contribution in [0.3, 0.4) is 0 Å². The summed E-state index contributed by atoms with van der Waals surface area (Å²) in [6.45, 7) is 12.2. The van der Waals surface area contributed by atoms with Gasteiger partial charge in [0, 0.05) is 12.1 Å². The number of hydrogen-bond donors (Lipinski definition) is 1. The molecule has 6 nitrogen and oxygen atoms in total. The van der Waals surface area contributed by atoms with Crippen LogP contribution in [0.5, 0.6) is 0 Å². The minimum absolute atomic E-state index is 0.00111. The molecule has 0 fully saturated rings. The second-order valence-corrected chi connectivity index (χ2v) is 12.0. The summed E-state index contributed by atoms with van der Waals surface area (Å²) in [5.74, 6) is 0.0891. The lowest BCUT2D eigenvalue weighted by Crippen LogP contribution is -2.31. The van der Waals surface area contributed by atoms with Gasteiger partial charge in [0.15, 0.2) is 9.84 Å². The third-order valence-corrected chi connectivity index (χ3v) is 6.91. The number of sulfone groups is 1. The third-order valence-electron chi connectivity index (χ3n) is 4.30. The van der Waals surface area contributed by atoms with Crippen LogP contribution in [0.2, 0.25) is 0 Å². The number of halogens is 2. The molecule has 0 spiro atoms. The van der Waals surface area contributed by atoms with E-state index in [1.165, 1.54) is 0 Å². The van der Waals surface area contributed by atoms with Crippen molar-refractivity contribution in [1.82, 2.24) is 3.94 Å². The van der Waals surface area contributed by atoms with E-state index >= 15 is 0 Å². The smallest absolute Gasteiger partial charge is 0.152 e. The first-order valence-electron chi connectivity index (χ1n) is 9.33. The van der Waals surface area contributed by atoms with Crippen LogP contribution in [0.1, 0.15) is 67.2 Å². The molecule has 0 amide bonds. The average Bonchev–Trinajstić information content (AvgIpc) is 2.44. The Balaban J connectivity index is 3.98. The zero-order valence-corrected chi connectivity index (χ0v) is 19.9. The second kappa shape index (κ2) is 11.5. The predicted molar refractivity (Wildman–Crippen MR) is 112 cm³/mol. The van der Waals surface area contributed by atoms with Crippen LogP contribution in [-0.2, 0) is 19.3 Å². The van der Waals surface area contributed by atoms with Crippen LogP contribution in [0, 0.1) is 0 Å². The van der Waals surface area contributed by atoms with E-state index in [0.29, 0.717) is 38.9 Å². The minimum atomic E-state index is -3.16. The van der Waals surface area contributed by atoms with Crippen LogP contribution in [-0.4, -0.2) is 65.5 Å². The SMILES string of the molecule is CC(C)(O)CCOC(C)(C)CCOCCS(=O)(=O)CCCC(C)(C)N(Cl)Cl. The first kappa shape index (κ1) is 27.4. The van der Waals surface area contributed by atoms with Crippen molar-refractivity contribution in [3.8, 4) is 0 Å². The zero-order valence-electron chi connectivity index (χ0n) is 17.6. The molecular formula is C18H37Cl2NO5S. The molecule has 0 radical (unpaired) electrons. The maximum absolute atomic E-state index is 12.1. The van der Waals surface area contributed by atoms with E-state index in [1.54, 1.807) is 13.8 Å². The van der Waals surface area contributed by atoms with Gasteiger partial charge in [-0.25, -0.2) is 8.42 Å². The maximum atomic E-state index is 12.1. The molecular weight excluding hydrogens is 413 g/mol. The molecule has 0 aromatic carbocycles. The van der Waals surface area contributed by atoms with Gasteiger partial charge in [-0.15, -0.1) is 3.94 Å². The Bertz CT molecular complexity index is 516. The van der Waals surface area contributed by atoms with Gasteiger partial charge < -0.3 is 14.6 Å². The van der Waals surface area contributed by atoms with Crippen LogP contribution in [0.4, 0.5) is 0 Å². The highest BCUT2D eigenvalue weighted by atomic mass is 35.5. The number of nitrogens with zero attached hydrogens (tertiary/aromatic N) is 1. The highest BCUT2D eigenvalue weighted by Gasteiger charge is 2.25. The van der Waals surface area contributed by atoms with Crippen molar-refractivity contribution in [2.75, 3.05) is 31.3 Å². The summed E-state index contributed by atoms with van der Waals surface area (Å²) < 4.78 is 36.5. The highest BCUT2D eigenvalue weighted by Crippen LogP contribution is 2.25. The zero-order chi connectivity index (χ0) is 21.4. The van der Waals surface area contributed by atoms with Crippen molar-refractivity contribution >= 4 is 33.4 Å². The van der Waals surface area contributed by atoms with Crippen molar-refractivity contribution in [3.63, 3.8) is 0 Å². The van der Waals surface area contributed by atoms with E-state index in [1.807, 2.05) is 27.7 Å². The monoisotopic (exact) mass is 449 g/mol. The molecule has 0 bridgehead atoms. The molecule has 0 aliphatic rings. The first-order valence-corrected chi connectivity index (χ1v) is 11.8. The summed E-state index contributed by atoms with van der Waals surface area (Å²) in [7, 11) is -3.16. The molecule has 0 atom stereocenters. The van der Waals surface area contributed by atoms with Crippen LogP contribution < -0.4 is 0 Å². The summed E-state index contributed by atoms with van der Waals surface area (Å²) in [5, 5.41) is 9.69. The quantitative estimate of drug-likeness (QED) is 0.301. The van der Waals surface area contributed by atoms with Gasteiger partial charge in [0.25, 0.3) is 0 Å². The molecule has 0 aromatic heterocycles. The summed E-state index contributed by atoms with van der Waals surface area (Å²) in [4.78, 5) is 0.